The van der Waals surface area contributed by atoms with Gasteiger partial charge in [0.05, 0.1) is 6.61 Å². The Bertz CT molecular complexity index is 432. The third-order valence-corrected chi connectivity index (χ3v) is 6.70. The van der Waals surface area contributed by atoms with E-state index in [1.165, 1.54) is 70.6 Å². The summed E-state index contributed by atoms with van der Waals surface area (Å²) < 4.78 is 42.4. The van der Waals surface area contributed by atoms with Crippen LogP contribution >= 0.6 is 0 Å². The fourth-order valence-electron chi connectivity index (χ4n) is 3.42. The largest absolute Gasteiger partial charge is 0.323 e. The molecule has 0 aliphatic carbocycles. The van der Waals surface area contributed by atoms with Crippen molar-refractivity contribution in [1.29, 1.82) is 0 Å². The van der Waals surface area contributed by atoms with Crippen molar-refractivity contribution in [3.8, 4) is 0 Å². The number of hydrogen-bond donors (Lipinski definition) is 1. The van der Waals surface area contributed by atoms with Crippen LogP contribution in [0, 0.1) is 0 Å². The van der Waals surface area contributed by atoms with Crippen molar-refractivity contribution in [3.63, 3.8) is 0 Å². The van der Waals surface area contributed by atoms with Gasteiger partial charge in [0.2, 0.25) is 5.50 Å². The summed E-state index contributed by atoms with van der Waals surface area (Å²) in [6, 6.07) is 0. The first-order valence-electron chi connectivity index (χ1n) is 13.1. The van der Waals surface area contributed by atoms with Gasteiger partial charge >= 0.3 is 0 Å². The molecule has 4 nitrogen and oxygen atoms in total. The van der Waals surface area contributed by atoms with Crippen LogP contribution in [-0.4, -0.2) is 34.6 Å². The molecular formula is C25H54FNO3S. The van der Waals surface area contributed by atoms with Crippen LogP contribution < -0.4 is 5.32 Å². The van der Waals surface area contributed by atoms with Gasteiger partial charge in [0.15, 0.2) is 0 Å². The van der Waals surface area contributed by atoms with E-state index >= 15 is 0 Å². The minimum absolute atomic E-state index is 0.0639. The fraction of sp³-hybridized carbons (Fsp3) is 1.00. The number of hydrogen-bond acceptors (Lipinski definition) is 4. The number of nitrogens with one attached hydrogen (secondary N) is 1. The second-order valence-electron chi connectivity index (χ2n) is 8.67. The van der Waals surface area contributed by atoms with Gasteiger partial charge in [-0.05, 0) is 33.4 Å². The zero-order chi connectivity index (χ0) is 23.6. The lowest BCUT2D eigenvalue weighted by Gasteiger charge is -2.10. The van der Waals surface area contributed by atoms with Gasteiger partial charge in [-0.1, -0.05) is 117 Å². The van der Waals surface area contributed by atoms with Crippen LogP contribution in [0.1, 0.15) is 136 Å². The molecule has 31 heavy (non-hydrogen) atoms. The Hall–Kier alpha value is -0.200. The van der Waals surface area contributed by atoms with Crippen molar-refractivity contribution in [2.45, 2.75) is 141 Å². The smallest absolute Gasteiger partial charge is 0.299 e. The van der Waals surface area contributed by atoms with E-state index in [4.69, 9.17) is 4.18 Å². The number of rotatable bonds is 22. The number of alkyl halides is 1. The number of halogens is 1. The average Bonchev–Trinajstić information content (AvgIpc) is 2.74. The summed E-state index contributed by atoms with van der Waals surface area (Å²) >= 11 is 0. The molecule has 190 valence electrons. The molecule has 0 radical (unpaired) electrons. The van der Waals surface area contributed by atoms with Crippen LogP contribution in [0.15, 0.2) is 0 Å². The molecule has 0 saturated carbocycles. The molecule has 1 atom stereocenters. The highest BCUT2D eigenvalue weighted by Crippen LogP contribution is 2.17. The Balaban J connectivity index is 0. The summed E-state index contributed by atoms with van der Waals surface area (Å²) in [6.07, 6.45) is 20.7. The van der Waals surface area contributed by atoms with Crippen LogP contribution in [0.25, 0.3) is 0 Å². The van der Waals surface area contributed by atoms with E-state index in [1.54, 1.807) is 0 Å². The second-order valence-corrected chi connectivity index (χ2v) is 10.4. The van der Waals surface area contributed by atoms with Gasteiger partial charge in [-0.3, -0.25) is 4.18 Å². The SMILES string of the molecule is CCCCCCCCCCCCCOS(=O)(=O)C(F)CCCCCCCCC.CNC. The summed E-state index contributed by atoms with van der Waals surface area (Å²) in [5.74, 6) is 0. The summed E-state index contributed by atoms with van der Waals surface area (Å²) in [6.45, 7) is 4.53. The van der Waals surface area contributed by atoms with Gasteiger partial charge < -0.3 is 5.32 Å². The Kier molecular flexibility index (Phi) is 27.7. The molecule has 0 aromatic rings. The molecule has 0 heterocycles. The van der Waals surface area contributed by atoms with Crippen LogP contribution in [0.5, 0.6) is 0 Å². The standard InChI is InChI=1S/C23H47FO3S.C2H7N/c1-3-5-7-9-11-12-13-14-16-18-20-22-27-28(25,26)23(24)21-19-17-15-10-8-6-4-2;1-3-2/h23H,3-22H2,1-2H3;3H,1-2H3. The molecule has 0 rings (SSSR count). The molecule has 1 unspecified atom stereocenters. The van der Waals surface area contributed by atoms with Gasteiger partial charge in [0, 0.05) is 0 Å². The van der Waals surface area contributed by atoms with Crippen LogP contribution in [0.2, 0.25) is 0 Å². The molecule has 0 aliphatic heterocycles. The summed E-state index contributed by atoms with van der Waals surface area (Å²) in [5, 5.41) is 2.75. The van der Waals surface area contributed by atoms with E-state index in [1.807, 2.05) is 14.1 Å². The zero-order valence-electron chi connectivity index (χ0n) is 21.2. The summed E-state index contributed by atoms with van der Waals surface area (Å²) in [4.78, 5) is 0. The van der Waals surface area contributed by atoms with Crippen molar-refractivity contribution in [2.24, 2.45) is 0 Å². The fourth-order valence-corrected chi connectivity index (χ4v) is 4.37. The van der Waals surface area contributed by atoms with E-state index in [0.717, 1.165) is 32.1 Å². The van der Waals surface area contributed by atoms with E-state index in [-0.39, 0.29) is 13.0 Å². The van der Waals surface area contributed by atoms with Crippen LogP contribution in [0.4, 0.5) is 4.39 Å². The first kappa shape index (κ1) is 33.0. The third-order valence-electron chi connectivity index (χ3n) is 5.34. The lowest BCUT2D eigenvalue weighted by atomic mass is 10.1. The Labute approximate surface area is 194 Å². The quantitative estimate of drug-likeness (QED) is 0.130. The van der Waals surface area contributed by atoms with Crippen molar-refractivity contribution in [3.05, 3.63) is 0 Å². The molecule has 0 spiro atoms. The maximum atomic E-state index is 13.9. The lowest BCUT2D eigenvalue weighted by Crippen LogP contribution is -2.19. The Morgan fingerprint density at radius 1 is 0.645 bits per heavy atom. The van der Waals surface area contributed by atoms with E-state index in [9.17, 15) is 12.8 Å². The van der Waals surface area contributed by atoms with Crippen molar-refractivity contribution in [1.82, 2.24) is 5.32 Å². The zero-order valence-corrected chi connectivity index (χ0v) is 22.0. The third kappa shape index (κ3) is 25.9. The average molecular weight is 468 g/mol. The van der Waals surface area contributed by atoms with E-state index in [2.05, 4.69) is 19.2 Å². The molecule has 0 fully saturated rings. The number of unbranched alkanes of at least 4 members (excludes halogenated alkanes) is 16. The molecule has 1 N–H and O–H groups in total. The van der Waals surface area contributed by atoms with Crippen molar-refractivity contribution >= 4 is 10.1 Å². The molecule has 0 amide bonds. The summed E-state index contributed by atoms with van der Waals surface area (Å²) in [7, 11) is -0.291. The highest BCUT2D eigenvalue weighted by molar-refractivity contribution is 7.87. The van der Waals surface area contributed by atoms with Gasteiger partial charge in [0.1, 0.15) is 0 Å². The topological polar surface area (TPSA) is 55.4 Å². The van der Waals surface area contributed by atoms with Gasteiger partial charge in [-0.25, -0.2) is 4.39 Å². The normalized spacial score (nSPS) is 12.4. The minimum Gasteiger partial charge on any atom is -0.323 e. The maximum absolute atomic E-state index is 13.9. The molecule has 6 heteroatoms. The highest BCUT2D eigenvalue weighted by atomic mass is 32.2. The van der Waals surface area contributed by atoms with Crippen molar-refractivity contribution < 1.29 is 17.0 Å². The predicted molar refractivity (Wildman–Crippen MR) is 134 cm³/mol. The Morgan fingerprint density at radius 3 is 1.35 bits per heavy atom. The molecule has 0 aromatic carbocycles. The molecule has 0 aromatic heterocycles. The van der Waals surface area contributed by atoms with E-state index < -0.39 is 15.6 Å². The van der Waals surface area contributed by atoms with Gasteiger partial charge in [-0.2, -0.15) is 8.42 Å². The molecule has 0 aliphatic rings. The van der Waals surface area contributed by atoms with Gasteiger partial charge in [-0.15, -0.1) is 0 Å². The minimum atomic E-state index is -4.04. The van der Waals surface area contributed by atoms with Crippen LogP contribution in [-0.2, 0) is 14.3 Å². The van der Waals surface area contributed by atoms with E-state index in [0.29, 0.717) is 12.8 Å². The lowest BCUT2D eigenvalue weighted by molar-refractivity contribution is 0.270. The van der Waals surface area contributed by atoms with Gasteiger partial charge in [0.25, 0.3) is 10.1 Å². The monoisotopic (exact) mass is 467 g/mol. The van der Waals surface area contributed by atoms with Crippen molar-refractivity contribution in [2.75, 3.05) is 20.7 Å². The van der Waals surface area contributed by atoms with Crippen LogP contribution in [0.3, 0.4) is 0 Å². The molecular weight excluding hydrogens is 413 g/mol. The predicted octanol–water partition coefficient (Wildman–Crippen LogP) is 7.92. The first-order valence-corrected chi connectivity index (χ1v) is 14.5. The molecule has 0 bridgehead atoms. The highest BCUT2D eigenvalue weighted by Gasteiger charge is 2.25. The maximum Gasteiger partial charge on any atom is 0.299 e. The molecule has 0 saturated heterocycles. The summed E-state index contributed by atoms with van der Waals surface area (Å²) in [5.41, 5.74) is -1.86. The second kappa shape index (κ2) is 26.1. The first-order chi connectivity index (χ1) is 15.0. The Morgan fingerprint density at radius 2 is 0.968 bits per heavy atom.